The van der Waals surface area contributed by atoms with Crippen molar-refractivity contribution in [2.75, 3.05) is 6.61 Å². The van der Waals surface area contributed by atoms with Crippen molar-refractivity contribution in [2.24, 2.45) is 7.05 Å². The van der Waals surface area contributed by atoms with Gasteiger partial charge in [-0.2, -0.15) is 0 Å². The Hall–Kier alpha value is -1.82. The van der Waals surface area contributed by atoms with Gasteiger partial charge in [-0.15, -0.1) is 0 Å². The quantitative estimate of drug-likeness (QED) is 0.910. The number of aromatic nitrogens is 2. The van der Waals surface area contributed by atoms with Crippen LogP contribution in [-0.4, -0.2) is 27.2 Å². The van der Waals surface area contributed by atoms with Gasteiger partial charge in [0, 0.05) is 12.6 Å². The minimum Gasteiger partial charge on any atom is -0.494 e. The summed E-state index contributed by atoms with van der Waals surface area (Å²) in [6.45, 7) is 2.52. The predicted octanol–water partition coefficient (Wildman–Crippen LogP) is 2.88. The first-order valence-electron chi connectivity index (χ1n) is 6.19. The molecule has 2 rings (SSSR count). The summed E-state index contributed by atoms with van der Waals surface area (Å²) in [6.07, 6.45) is -0.0742. The summed E-state index contributed by atoms with van der Waals surface area (Å²) in [4.78, 5) is 15.3. The van der Waals surface area contributed by atoms with Crippen molar-refractivity contribution < 1.29 is 14.6 Å². The highest BCUT2D eigenvalue weighted by Gasteiger charge is 2.16. The topological polar surface area (TPSA) is 64.3 Å². The molecule has 0 aliphatic carbocycles. The van der Waals surface area contributed by atoms with Crippen LogP contribution in [0.5, 0.6) is 5.75 Å². The fourth-order valence-corrected chi connectivity index (χ4v) is 2.56. The van der Waals surface area contributed by atoms with Gasteiger partial charge in [-0.1, -0.05) is 12.1 Å². The molecule has 0 fully saturated rings. The van der Waals surface area contributed by atoms with Crippen LogP contribution in [0.25, 0.3) is 11.4 Å². The number of ether oxygens (including phenoxy) is 1. The minimum atomic E-state index is -0.886. The number of rotatable bonds is 5. The van der Waals surface area contributed by atoms with E-state index in [4.69, 9.17) is 9.84 Å². The summed E-state index contributed by atoms with van der Waals surface area (Å²) in [7, 11) is 1.80. The van der Waals surface area contributed by atoms with Crippen LogP contribution in [0.3, 0.4) is 0 Å². The number of carbonyl (C=O) groups is 1. The van der Waals surface area contributed by atoms with Crippen LogP contribution >= 0.6 is 15.9 Å². The van der Waals surface area contributed by atoms with Gasteiger partial charge in [-0.05, 0) is 35.0 Å². The minimum absolute atomic E-state index is 0.0742. The molecule has 0 aliphatic rings. The second kappa shape index (κ2) is 6.09. The second-order valence-corrected chi connectivity index (χ2v) is 5.01. The van der Waals surface area contributed by atoms with Gasteiger partial charge in [-0.25, -0.2) is 4.98 Å². The zero-order valence-corrected chi connectivity index (χ0v) is 12.8. The Labute approximate surface area is 125 Å². The van der Waals surface area contributed by atoms with E-state index in [2.05, 4.69) is 20.9 Å². The Morgan fingerprint density at radius 2 is 2.25 bits per heavy atom. The van der Waals surface area contributed by atoms with Crippen LogP contribution in [0, 0.1) is 0 Å². The van der Waals surface area contributed by atoms with E-state index < -0.39 is 5.97 Å². The molecule has 1 N–H and O–H groups in total. The molecule has 1 heterocycles. The predicted molar refractivity (Wildman–Crippen MR) is 78.9 cm³/mol. The van der Waals surface area contributed by atoms with E-state index in [0.717, 1.165) is 11.3 Å². The van der Waals surface area contributed by atoms with E-state index in [0.29, 0.717) is 22.7 Å². The monoisotopic (exact) mass is 338 g/mol. The van der Waals surface area contributed by atoms with Crippen LogP contribution in [0.15, 0.2) is 28.9 Å². The van der Waals surface area contributed by atoms with Crippen LogP contribution in [0.4, 0.5) is 0 Å². The maximum atomic E-state index is 10.9. The Morgan fingerprint density at radius 3 is 2.90 bits per heavy atom. The third kappa shape index (κ3) is 3.01. The van der Waals surface area contributed by atoms with Crippen molar-refractivity contribution in [1.82, 2.24) is 9.55 Å². The smallest absolute Gasteiger partial charge is 0.309 e. The van der Waals surface area contributed by atoms with Crippen LogP contribution < -0.4 is 4.74 Å². The number of hydrogen-bond acceptors (Lipinski definition) is 3. The zero-order valence-electron chi connectivity index (χ0n) is 11.3. The van der Waals surface area contributed by atoms with E-state index in [1.165, 1.54) is 0 Å². The van der Waals surface area contributed by atoms with Gasteiger partial charge in [-0.3, -0.25) is 4.79 Å². The van der Waals surface area contributed by atoms with E-state index in [1.807, 2.05) is 31.2 Å². The molecule has 0 amide bonds. The van der Waals surface area contributed by atoms with Crippen molar-refractivity contribution >= 4 is 21.9 Å². The lowest BCUT2D eigenvalue weighted by atomic mass is 10.2. The molecule has 0 saturated heterocycles. The third-order valence-corrected chi connectivity index (χ3v) is 3.52. The Kier molecular flexibility index (Phi) is 4.44. The molecule has 6 heteroatoms. The molecule has 5 nitrogen and oxygen atoms in total. The fraction of sp³-hybridized carbons (Fsp3) is 0.286. The lowest BCUT2D eigenvalue weighted by molar-refractivity contribution is -0.136. The van der Waals surface area contributed by atoms with Crippen LogP contribution in [0.1, 0.15) is 12.6 Å². The maximum Gasteiger partial charge on any atom is 0.309 e. The molecule has 0 radical (unpaired) electrons. The van der Waals surface area contributed by atoms with Crippen molar-refractivity contribution in [3.8, 4) is 17.1 Å². The maximum absolute atomic E-state index is 10.9. The summed E-state index contributed by atoms with van der Waals surface area (Å²) in [5.74, 6) is 0.585. The van der Waals surface area contributed by atoms with E-state index in [-0.39, 0.29) is 6.42 Å². The zero-order chi connectivity index (χ0) is 14.7. The summed E-state index contributed by atoms with van der Waals surface area (Å²) in [6, 6.07) is 7.58. The number of imidazole rings is 1. The number of nitrogens with zero attached hydrogens (tertiary/aromatic N) is 2. The SMILES string of the molecule is CCOc1cccc(-c2nc(Br)c(CC(=O)O)n2C)c1. The highest BCUT2D eigenvalue weighted by atomic mass is 79.9. The van der Waals surface area contributed by atoms with Crippen molar-refractivity contribution in [3.05, 3.63) is 34.6 Å². The fourth-order valence-electron chi connectivity index (χ4n) is 1.98. The first-order chi connectivity index (χ1) is 9.52. The standard InChI is InChI=1S/C14H15BrN2O3/c1-3-20-10-6-4-5-9(7-10)14-16-13(15)11(17(14)2)8-12(18)19/h4-7H,3,8H2,1-2H3,(H,18,19). The lowest BCUT2D eigenvalue weighted by Crippen LogP contribution is -2.06. The molecular weight excluding hydrogens is 324 g/mol. The molecular formula is C14H15BrN2O3. The molecule has 2 aromatic rings. The average Bonchev–Trinajstić information content (AvgIpc) is 2.67. The Morgan fingerprint density at radius 1 is 1.50 bits per heavy atom. The number of hydrogen-bond donors (Lipinski definition) is 1. The summed E-state index contributed by atoms with van der Waals surface area (Å²) in [5.41, 5.74) is 1.52. The summed E-state index contributed by atoms with van der Waals surface area (Å²) >= 11 is 3.32. The second-order valence-electron chi connectivity index (χ2n) is 4.26. The molecule has 0 saturated carbocycles. The van der Waals surface area contributed by atoms with Gasteiger partial charge in [0.25, 0.3) is 0 Å². The molecule has 0 bridgehead atoms. The van der Waals surface area contributed by atoms with Gasteiger partial charge >= 0.3 is 5.97 Å². The summed E-state index contributed by atoms with van der Waals surface area (Å²) in [5, 5.41) is 8.93. The van der Waals surface area contributed by atoms with Gasteiger partial charge in [0.2, 0.25) is 0 Å². The number of halogens is 1. The number of carboxylic acid groups (broad SMARTS) is 1. The van der Waals surface area contributed by atoms with Crippen LogP contribution in [-0.2, 0) is 18.3 Å². The Bertz CT molecular complexity index is 637. The average molecular weight is 339 g/mol. The molecule has 106 valence electrons. The first kappa shape index (κ1) is 14.6. The van der Waals surface area contributed by atoms with Crippen molar-refractivity contribution in [3.63, 3.8) is 0 Å². The first-order valence-corrected chi connectivity index (χ1v) is 6.98. The molecule has 0 aliphatic heterocycles. The van der Waals surface area contributed by atoms with E-state index >= 15 is 0 Å². The molecule has 0 unspecified atom stereocenters. The summed E-state index contributed by atoms with van der Waals surface area (Å²) < 4.78 is 7.80. The van der Waals surface area contributed by atoms with Gasteiger partial charge in [0.15, 0.2) is 0 Å². The van der Waals surface area contributed by atoms with E-state index in [1.54, 1.807) is 11.6 Å². The highest BCUT2D eigenvalue weighted by molar-refractivity contribution is 9.10. The van der Waals surface area contributed by atoms with Gasteiger partial charge in [0.05, 0.1) is 18.7 Å². The van der Waals surface area contributed by atoms with Crippen molar-refractivity contribution in [2.45, 2.75) is 13.3 Å². The molecule has 1 aromatic heterocycles. The normalized spacial score (nSPS) is 10.6. The number of aliphatic carboxylic acids is 1. The van der Waals surface area contributed by atoms with Gasteiger partial charge in [0.1, 0.15) is 16.2 Å². The Balaban J connectivity index is 2.43. The molecule has 0 spiro atoms. The molecule has 20 heavy (non-hydrogen) atoms. The van der Waals surface area contributed by atoms with Gasteiger partial charge < -0.3 is 14.4 Å². The third-order valence-electron chi connectivity index (χ3n) is 2.89. The number of benzene rings is 1. The molecule has 0 atom stereocenters. The van der Waals surface area contributed by atoms with Crippen molar-refractivity contribution in [1.29, 1.82) is 0 Å². The number of carboxylic acids is 1. The lowest BCUT2D eigenvalue weighted by Gasteiger charge is -2.07. The van der Waals surface area contributed by atoms with Crippen LogP contribution in [0.2, 0.25) is 0 Å². The highest BCUT2D eigenvalue weighted by Crippen LogP contribution is 2.27. The van der Waals surface area contributed by atoms with E-state index in [9.17, 15) is 4.79 Å². The molecule has 1 aromatic carbocycles. The largest absolute Gasteiger partial charge is 0.494 e.